The second-order valence-electron chi connectivity index (χ2n) is 9.82. The molecule has 3 N–H and O–H groups in total. The number of pyridine rings is 1. The Morgan fingerprint density at radius 1 is 1.14 bits per heavy atom. The largest absolute Gasteiger partial charge is 0.496 e. The maximum absolute atomic E-state index is 5.94. The summed E-state index contributed by atoms with van der Waals surface area (Å²) < 4.78 is 13.2. The zero-order valence-electron chi connectivity index (χ0n) is 21.4. The van der Waals surface area contributed by atoms with E-state index in [1.165, 1.54) is 0 Å². The lowest BCUT2D eigenvalue weighted by molar-refractivity contribution is 0.0250. The third-order valence-electron chi connectivity index (χ3n) is 7.49. The van der Waals surface area contributed by atoms with Crippen LogP contribution in [0.5, 0.6) is 5.75 Å². The smallest absolute Gasteiger partial charge is 0.222 e. The number of aromatic nitrogens is 5. The summed E-state index contributed by atoms with van der Waals surface area (Å²) in [6.45, 7) is 7.53. The molecule has 0 unspecified atom stereocenters. The Morgan fingerprint density at radius 3 is 2.69 bits per heavy atom. The summed E-state index contributed by atoms with van der Waals surface area (Å²) >= 11 is 0. The summed E-state index contributed by atoms with van der Waals surface area (Å²) in [7, 11) is 1.72. The fourth-order valence-corrected chi connectivity index (χ4v) is 5.43. The molecule has 3 aromatic rings. The SMILES string of the molecule is CCCCNc1nc(N)nc2cnn(Cc3cnc(C4CCN(C5CCOCC5)CC4)cc3OC)c12. The van der Waals surface area contributed by atoms with Gasteiger partial charge in [-0.15, -0.1) is 0 Å². The van der Waals surface area contributed by atoms with Crippen molar-refractivity contribution in [2.75, 3.05) is 51.0 Å². The van der Waals surface area contributed by atoms with Gasteiger partial charge in [0.05, 0.1) is 19.9 Å². The van der Waals surface area contributed by atoms with Gasteiger partial charge < -0.3 is 25.4 Å². The molecule has 5 heterocycles. The maximum Gasteiger partial charge on any atom is 0.222 e. The minimum absolute atomic E-state index is 0.243. The molecule has 0 amide bonds. The monoisotopic (exact) mass is 494 g/mol. The van der Waals surface area contributed by atoms with Crippen LogP contribution in [0.3, 0.4) is 0 Å². The van der Waals surface area contributed by atoms with Crippen LogP contribution in [0.25, 0.3) is 11.0 Å². The fourth-order valence-electron chi connectivity index (χ4n) is 5.43. The third-order valence-corrected chi connectivity index (χ3v) is 7.49. The van der Waals surface area contributed by atoms with Crippen LogP contribution in [0, 0.1) is 0 Å². The van der Waals surface area contributed by atoms with Crippen molar-refractivity contribution < 1.29 is 9.47 Å². The summed E-state index contributed by atoms with van der Waals surface area (Å²) in [5.41, 5.74) is 9.59. The molecule has 0 atom stereocenters. The van der Waals surface area contributed by atoms with Crippen molar-refractivity contribution in [1.29, 1.82) is 0 Å². The number of hydrogen-bond donors (Lipinski definition) is 2. The molecule has 10 nitrogen and oxygen atoms in total. The van der Waals surface area contributed by atoms with Gasteiger partial charge in [-0.1, -0.05) is 13.3 Å². The number of piperidine rings is 1. The number of fused-ring (bicyclic) bond motifs is 1. The normalized spacial score (nSPS) is 18.1. The number of anilines is 2. The average molecular weight is 495 g/mol. The molecule has 2 saturated heterocycles. The van der Waals surface area contributed by atoms with Gasteiger partial charge in [0.2, 0.25) is 5.95 Å². The van der Waals surface area contributed by atoms with Crippen LogP contribution >= 0.6 is 0 Å². The summed E-state index contributed by atoms with van der Waals surface area (Å²) in [6, 6.07) is 2.79. The molecule has 3 aromatic heterocycles. The van der Waals surface area contributed by atoms with E-state index in [-0.39, 0.29) is 5.95 Å². The van der Waals surface area contributed by atoms with Crippen molar-refractivity contribution in [3.8, 4) is 5.75 Å². The van der Waals surface area contributed by atoms with Crippen molar-refractivity contribution in [1.82, 2.24) is 29.6 Å². The topological polar surface area (TPSA) is 116 Å². The Labute approximate surface area is 212 Å². The van der Waals surface area contributed by atoms with E-state index in [2.05, 4.69) is 38.3 Å². The van der Waals surface area contributed by atoms with Crippen molar-refractivity contribution in [3.05, 3.63) is 29.7 Å². The van der Waals surface area contributed by atoms with Crippen molar-refractivity contribution in [2.45, 2.75) is 64.0 Å². The van der Waals surface area contributed by atoms with Crippen molar-refractivity contribution in [2.24, 2.45) is 0 Å². The summed E-state index contributed by atoms with van der Waals surface area (Å²) in [5, 5.41) is 7.98. The summed E-state index contributed by atoms with van der Waals surface area (Å²) in [4.78, 5) is 16.3. The first-order chi connectivity index (χ1) is 17.7. The summed E-state index contributed by atoms with van der Waals surface area (Å²) in [6.07, 6.45) is 10.4. The Balaban J connectivity index is 1.31. The lowest BCUT2D eigenvalue weighted by atomic mass is 9.91. The maximum atomic E-state index is 5.94. The van der Waals surface area contributed by atoms with Gasteiger partial charge in [-0.25, -0.2) is 4.98 Å². The van der Waals surface area contributed by atoms with Crippen LogP contribution in [0.1, 0.15) is 62.6 Å². The van der Waals surface area contributed by atoms with E-state index in [0.717, 1.165) is 99.4 Å². The third kappa shape index (κ3) is 5.39. The minimum Gasteiger partial charge on any atom is -0.496 e. The molecule has 2 fully saturated rings. The number of nitrogens with two attached hydrogens (primary N) is 1. The van der Waals surface area contributed by atoms with Gasteiger partial charge >= 0.3 is 0 Å². The summed E-state index contributed by atoms with van der Waals surface area (Å²) in [5.74, 6) is 2.25. The number of nitrogens with one attached hydrogen (secondary N) is 1. The lowest BCUT2D eigenvalue weighted by Gasteiger charge is -2.39. The van der Waals surface area contributed by atoms with E-state index in [0.29, 0.717) is 24.3 Å². The van der Waals surface area contributed by atoms with E-state index >= 15 is 0 Å². The fraction of sp³-hybridized carbons (Fsp3) is 0.615. The molecule has 0 spiro atoms. The highest BCUT2D eigenvalue weighted by atomic mass is 16.5. The Morgan fingerprint density at radius 2 is 1.94 bits per heavy atom. The van der Waals surface area contributed by atoms with Gasteiger partial charge in [-0.3, -0.25) is 9.67 Å². The Kier molecular flexibility index (Phi) is 7.81. The van der Waals surface area contributed by atoms with E-state index in [1.54, 1.807) is 13.3 Å². The van der Waals surface area contributed by atoms with E-state index in [4.69, 9.17) is 20.2 Å². The molecule has 0 saturated carbocycles. The first-order valence-corrected chi connectivity index (χ1v) is 13.2. The standard InChI is InChI=1S/C26H38N8O2/c1-3-4-9-28-25-24-22(31-26(27)32-25)16-30-34(24)17-19-15-29-21(14-23(19)35-2)18-5-10-33(11-6-18)20-7-12-36-13-8-20/h14-16,18,20H,3-13,17H2,1-2H3,(H3,27,28,31,32). The zero-order valence-corrected chi connectivity index (χ0v) is 21.4. The van der Waals surface area contributed by atoms with Crippen molar-refractivity contribution in [3.63, 3.8) is 0 Å². The molecular formula is C26H38N8O2. The average Bonchev–Trinajstić information content (AvgIpc) is 3.32. The highest BCUT2D eigenvalue weighted by Crippen LogP contribution is 2.32. The lowest BCUT2D eigenvalue weighted by Crippen LogP contribution is -2.43. The van der Waals surface area contributed by atoms with Gasteiger partial charge in [-0.2, -0.15) is 10.1 Å². The number of methoxy groups -OCH3 is 1. The number of likely N-dealkylation sites (tertiary alicyclic amines) is 1. The molecule has 2 aliphatic heterocycles. The predicted octanol–water partition coefficient (Wildman–Crippen LogP) is 3.43. The Hall–Kier alpha value is -2.98. The second-order valence-corrected chi connectivity index (χ2v) is 9.82. The molecule has 0 radical (unpaired) electrons. The zero-order chi connectivity index (χ0) is 24.9. The van der Waals surface area contributed by atoms with Crippen LogP contribution < -0.4 is 15.8 Å². The minimum atomic E-state index is 0.243. The molecule has 36 heavy (non-hydrogen) atoms. The van der Waals surface area contributed by atoms with E-state index in [9.17, 15) is 0 Å². The number of unbranched alkanes of at least 4 members (excludes halogenated alkanes) is 1. The van der Waals surface area contributed by atoms with Gasteiger partial charge in [0, 0.05) is 55.2 Å². The number of ether oxygens (including phenoxy) is 2. The molecule has 0 aromatic carbocycles. The van der Waals surface area contributed by atoms with Crippen LogP contribution in [0.15, 0.2) is 18.5 Å². The number of hydrogen-bond acceptors (Lipinski definition) is 9. The van der Waals surface area contributed by atoms with Gasteiger partial charge in [-0.05, 0) is 45.2 Å². The Bertz CT molecular complexity index is 1150. The quantitative estimate of drug-likeness (QED) is 0.432. The molecule has 2 aliphatic rings. The van der Waals surface area contributed by atoms with Crippen LogP contribution in [0.2, 0.25) is 0 Å². The number of nitrogens with zero attached hydrogens (tertiary/aromatic N) is 6. The molecule has 194 valence electrons. The molecular weight excluding hydrogens is 456 g/mol. The first-order valence-electron chi connectivity index (χ1n) is 13.2. The van der Waals surface area contributed by atoms with Gasteiger partial charge in [0.25, 0.3) is 0 Å². The second kappa shape index (κ2) is 11.4. The highest BCUT2D eigenvalue weighted by molar-refractivity contribution is 5.86. The van der Waals surface area contributed by atoms with Crippen LogP contribution in [-0.4, -0.2) is 75.6 Å². The molecule has 0 aliphatic carbocycles. The van der Waals surface area contributed by atoms with E-state index in [1.807, 2.05) is 10.9 Å². The van der Waals surface area contributed by atoms with Gasteiger partial charge in [0.1, 0.15) is 16.8 Å². The molecule has 5 rings (SSSR count). The first kappa shape index (κ1) is 24.7. The van der Waals surface area contributed by atoms with Gasteiger partial charge in [0.15, 0.2) is 5.82 Å². The van der Waals surface area contributed by atoms with E-state index < -0.39 is 0 Å². The molecule has 0 bridgehead atoms. The van der Waals surface area contributed by atoms with Crippen molar-refractivity contribution >= 4 is 22.8 Å². The highest BCUT2D eigenvalue weighted by Gasteiger charge is 2.28. The predicted molar refractivity (Wildman–Crippen MR) is 140 cm³/mol. The number of nitrogen functional groups attached to an aromatic ring is 1. The van der Waals surface area contributed by atoms with Crippen LogP contribution in [-0.2, 0) is 11.3 Å². The van der Waals surface area contributed by atoms with Crippen LogP contribution in [0.4, 0.5) is 11.8 Å². The number of rotatable bonds is 9. The molecule has 10 heteroatoms.